The Morgan fingerprint density at radius 3 is 2.40 bits per heavy atom. The molecule has 0 atom stereocenters. The van der Waals surface area contributed by atoms with Crippen molar-refractivity contribution in [1.29, 1.82) is 0 Å². The second-order valence-electron chi connectivity index (χ2n) is 11.0. The van der Waals surface area contributed by atoms with Crippen LogP contribution in [0.2, 0.25) is 0 Å². The first-order valence-corrected chi connectivity index (χ1v) is 14.2. The van der Waals surface area contributed by atoms with Gasteiger partial charge in [-0.05, 0) is 81.5 Å². The number of aryl methyl sites for hydroxylation is 1. The van der Waals surface area contributed by atoms with Crippen LogP contribution in [0.25, 0.3) is 0 Å². The van der Waals surface area contributed by atoms with Crippen LogP contribution >= 0.6 is 0 Å². The SMILES string of the molecule is CC(C)(C)OC(=O)N1CCC2(CCc3cc(N4CCc5ccc(S(C)(=O)=O)cc54)ccc3O2)CC1. The lowest BCUT2D eigenvalue weighted by atomic mass is 9.83. The van der Waals surface area contributed by atoms with Crippen LogP contribution in [0, 0.1) is 0 Å². The van der Waals surface area contributed by atoms with Crippen molar-refractivity contribution < 1.29 is 22.7 Å². The van der Waals surface area contributed by atoms with Crippen LogP contribution in [0.1, 0.15) is 51.2 Å². The smallest absolute Gasteiger partial charge is 0.410 e. The number of piperidine rings is 1. The molecule has 0 saturated carbocycles. The average molecular weight is 499 g/mol. The quantitative estimate of drug-likeness (QED) is 0.588. The fourth-order valence-corrected chi connectivity index (χ4v) is 5.95. The Balaban J connectivity index is 1.30. The zero-order chi connectivity index (χ0) is 25.0. The first kappa shape index (κ1) is 24.0. The molecule has 0 bridgehead atoms. The highest BCUT2D eigenvalue weighted by atomic mass is 32.2. The summed E-state index contributed by atoms with van der Waals surface area (Å²) in [6, 6.07) is 11.7. The summed E-state index contributed by atoms with van der Waals surface area (Å²) in [5.41, 5.74) is 3.64. The molecule has 7 nitrogen and oxygen atoms in total. The standard InChI is InChI=1S/C27H34N2O5S/c1-26(2,3)34-25(30)28-15-12-27(13-16-28)11-9-20-17-21(6-8-24(20)33-27)29-14-10-19-5-7-22(18-23(19)29)35(4,31)32/h5-8,17-18H,9-16H2,1-4H3. The lowest BCUT2D eigenvalue weighted by Crippen LogP contribution is -2.52. The van der Waals surface area contributed by atoms with Gasteiger partial charge in [-0.25, -0.2) is 13.2 Å². The van der Waals surface area contributed by atoms with Gasteiger partial charge >= 0.3 is 6.09 Å². The van der Waals surface area contributed by atoms with Gasteiger partial charge in [-0.2, -0.15) is 0 Å². The topological polar surface area (TPSA) is 76.2 Å². The molecule has 2 aromatic carbocycles. The summed E-state index contributed by atoms with van der Waals surface area (Å²) in [6.45, 7) is 7.75. The van der Waals surface area contributed by atoms with E-state index in [1.54, 1.807) is 17.0 Å². The minimum atomic E-state index is -3.26. The molecule has 1 amide bonds. The molecule has 0 aliphatic carbocycles. The Kier molecular flexibility index (Phi) is 5.78. The van der Waals surface area contributed by atoms with Crippen molar-refractivity contribution in [1.82, 2.24) is 4.90 Å². The van der Waals surface area contributed by atoms with Gasteiger partial charge < -0.3 is 19.3 Å². The Hall–Kier alpha value is -2.74. The van der Waals surface area contributed by atoms with E-state index in [1.807, 2.05) is 32.9 Å². The van der Waals surface area contributed by atoms with Crippen LogP contribution in [0.15, 0.2) is 41.3 Å². The van der Waals surface area contributed by atoms with Gasteiger partial charge in [0.25, 0.3) is 0 Å². The van der Waals surface area contributed by atoms with Gasteiger partial charge in [-0.15, -0.1) is 0 Å². The number of anilines is 2. The summed E-state index contributed by atoms with van der Waals surface area (Å²) < 4.78 is 36.2. The number of sulfone groups is 1. The first-order chi connectivity index (χ1) is 16.4. The predicted molar refractivity (Wildman–Crippen MR) is 135 cm³/mol. The van der Waals surface area contributed by atoms with Crippen molar-refractivity contribution in [2.24, 2.45) is 0 Å². The number of hydrogen-bond acceptors (Lipinski definition) is 6. The maximum atomic E-state index is 12.4. The number of ether oxygens (including phenoxy) is 2. The number of nitrogens with zero attached hydrogens (tertiary/aromatic N) is 2. The Labute approximate surface area is 207 Å². The molecule has 5 rings (SSSR count). The van der Waals surface area contributed by atoms with Crippen LogP contribution < -0.4 is 9.64 Å². The van der Waals surface area contributed by atoms with E-state index in [0.717, 1.165) is 55.8 Å². The molecule has 188 valence electrons. The molecule has 1 fully saturated rings. The van der Waals surface area contributed by atoms with Gasteiger partial charge in [0.2, 0.25) is 0 Å². The fraction of sp³-hybridized carbons (Fsp3) is 0.519. The molecule has 0 radical (unpaired) electrons. The van der Waals surface area contributed by atoms with Crippen LogP contribution in [0.3, 0.4) is 0 Å². The Bertz CT molecular complexity index is 1260. The molecule has 3 aliphatic rings. The van der Waals surface area contributed by atoms with Crippen LogP contribution in [0.5, 0.6) is 5.75 Å². The first-order valence-electron chi connectivity index (χ1n) is 12.3. The number of benzene rings is 2. The maximum Gasteiger partial charge on any atom is 0.410 e. The number of amides is 1. The highest BCUT2D eigenvalue weighted by molar-refractivity contribution is 7.90. The number of carbonyl (C=O) groups excluding carboxylic acids is 1. The number of rotatable bonds is 2. The fourth-order valence-electron chi connectivity index (χ4n) is 5.31. The van der Waals surface area contributed by atoms with Gasteiger partial charge in [-0.3, -0.25) is 0 Å². The number of hydrogen-bond donors (Lipinski definition) is 0. The molecule has 35 heavy (non-hydrogen) atoms. The van der Waals surface area contributed by atoms with E-state index in [4.69, 9.17) is 9.47 Å². The zero-order valence-corrected chi connectivity index (χ0v) is 21.8. The van der Waals surface area contributed by atoms with E-state index < -0.39 is 15.4 Å². The molecular formula is C27H34N2O5S. The van der Waals surface area contributed by atoms with E-state index in [9.17, 15) is 13.2 Å². The molecule has 8 heteroatoms. The molecule has 0 aromatic heterocycles. The van der Waals surface area contributed by atoms with E-state index in [1.165, 1.54) is 17.4 Å². The minimum Gasteiger partial charge on any atom is -0.487 e. The summed E-state index contributed by atoms with van der Waals surface area (Å²) in [7, 11) is -3.26. The lowest BCUT2D eigenvalue weighted by Gasteiger charge is -2.44. The van der Waals surface area contributed by atoms with E-state index in [-0.39, 0.29) is 11.7 Å². The van der Waals surface area contributed by atoms with Gasteiger partial charge in [-0.1, -0.05) is 6.07 Å². The third-order valence-electron chi connectivity index (χ3n) is 7.24. The molecular weight excluding hydrogens is 464 g/mol. The molecule has 1 saturated heterocycles. The Morgan fingerprint density at radius 1 is 0.971 bits per heavy atom. The summed E-state index contributed by atoms with van der Waals surface area (Å²) in [4.78, 5) is 16.8. The van der Waals surface area contributed by atoms with Crippen LogP contribution in [-0.4, -0.2) is 56.5 Å². The molecule has 3 aliphatic heterocycles. The van der Waals surface area contributed by atoms with Crippen molar-refractivity contribution in [3.05, 3.63) is 47.5 Å². The van der Waals surface area contributed by atoms with Crippen molar-refractivity contribution in [2.45, 2.75) is 69.0 Å². The van der Waals surface area contributed by atoms with Crippen molar-refractivity contribution in [3.63, 3.8) is 0 Å². The Morgan fingerprint density at radius 2 is 1.71 bits per heavy atom. The van der Waals surface area contributed by atoms with Gasteiger partial charge in [0.15, 0.2) is 9.84 Å². The van der Waals surface area contributed by atoms with Crippen LogP contribution in [-0.2, 0) is 27.4 Å². The van der Waals surface area contributed by atoms with Crippen LogP contribution in [0.4, 0.5) is 16.2 Å². The summed E-state index contributed by atoms with van der Waals surface area (Å²) in [5, 5.41) is 0. The van der Waals surface area contributed by atoms with Crippen molar-refractivity contribution in [2.75, 3.05) is 30.8 Å². The molecule has 0 unspecified atom stereocenters. The van der Waals surface area contributed by atoms with E-state index >= 15 is 0 Å². The highest BCUT2D eigenvalue weighted by Crippen LogP contribution is 2.43. The average Bonchev–Trinajstić information content (AvgIpc) is 3.21. The third kappa shape index (κ3) is 4.85. The predicted octanol–water partition coefficient (Wildman–Crippen LogP) is 4.88. The molecule has 3 heterocycles. The normalized spacial score (nSPS) is 19.2. The highest BCUT2D eigenvalue weighted by Gasteiger charge is 2.41. The lowest BCUT2D eigenvalue weighted by molar-refractivity contribution is -0.0272. The number of carbonyl (C=O) groups is 1. The second kappa shape index (κ2) is 8.43. The third-order valence-corrected chi connectivity index (χ3v) is 8.35. The van der Waals surface area contributed by atoms with Gasteiger partial charge in [0, 0.05) is 50.1 Å². The zero-order valence-electron chi connectivity index (χ0n) is 21.0. The van der Waals surface area contributed by atoms with Crippen molar-refractivity contribution in [3.8, 4) is 5.75 Å². The second-order valence-corrected chi connectivity index (χ2v) is 13.0. The molecule has 1 spiro atoms. The summed E-state index contributed by atoms with van der Waals surface area (Å²) in [6.07, 6.45) is 5.31. The van der Waals surface area contributed by atoms with Gasteiger partial charge in [0.1, 0.15) is 17.0 Å². The summed E-state index contributed by atoms with van der Waals surface area (Å²) in [5.74, 6) is 0.912. The largest absolute Gasteiger partial charge is 0.487 e. The molecule has 2 aromatic rings. The van der Waals surface area contributed by atoms with Gasteiger partial charge in [0.05, 0.1) is 4.90 Å². The minimum absolute atomic E-state index is 0.238. The maximum absolute atomic E-state index is 12.4. The number of likely N-dealkylation sites (tertiary alicyclic amines) is 1. The van der Waals surface area contributed by atoms with E-state index in [2.05, 4.69) is 17.0 Å². The molecule has 0 N–H and O–H groups in total. The summed E-state index contributed by atoms with van der Waals surface area (Å²) >= 11 is 0. The van der Waals surface area contributed by atoms with E-state index in [0.29, 0.717) is 18.0 Å². The number of fused-ring (bicyclic) bond motifs is 2. The van der Waals surface area contributed by atoms with Crippen molar-refractivity contribution >= 4 is 27.3 Å². The monoisotopic (exact) mass is 498 g/mol.